The van der Waals surface area contributed by atoms with Crippen LogP contribution in [0.1, 0.15) is 59.9 Å². The highest BCUT2D eigenvalue weighted by atomic mass is 16.4. The van der Waals surface area contributed by atoms with E-state index >= 15 is 0 Å². The topological polar surface area (TPSA) is 115 Å². The molecule has 148 valence electrons. The van der Waals surface area contributed by atoms with Crippen molar-refractivity contribution >= 4 is 17.5 Å². The van der Waals surface area contributed by atoms with E-state index < -0.39 is 23.4 Å². The number of ketones is 2. The van der Waals surface area contributed by atoms with Gasteiger partial charge >= 0.3 is 5.97 Å². The normalized spacial score (nSPS) is 11.8. The number of Topliss-reactive ketones (excluding diaryl/α,β-unsaturated/α-hetero) is 2. The van der Waals surface area contributed by atoms with Crippen LogP contribution < -0.4 is 11.1 Å². The Kier molecular flexibility index (Phi) is 6.81. The number of rotatable bonds is 9. The van der Waals surface area contributed by atoms with E-state index in [1.807, 2.05) is 0 Å². The number of pyridine rings is 2. The van der Waals surface area contributed by atoms with Gasteiger partial charge < -0.3 is 14.2 Å². The molecule has 8 heteroatoms. The molecule has 1 atom stereocenters. The van der Waals surface area contributed by atoms with Crippen molar-refractivity contribution < 1.29 is 19.5 Å². The molecule has 0 unspecified atom stereocenters. The highest BCUT2D eigenvalue weighted by Gasteiger charge is 2.22. The van der Waals surface area contributed by atoms with Crippen LogP contribution in [0.15, 0.2) is 46.2 Å². The molecule has 0 aliphatic rings. The van der Waals surface area contributed by atoms with Crippen molar-refractivity contribution in [3.8, 4) is 0 Å². The maximum atomic E-state index is 12.4. The molecule has 0 saturated carbocycles. The SMILES string of the molecule is CC(=O)c1cccn(CCCC[C@@H](C(=O)O)n2cccc(C(C)=O)c2=O)c1=O. The predicted molar refractivity (Wildman–Crippen MR) is 102 cm³/mol. The zero-order valence-corrected chi connectivity index (χ0v) is 15.8. The van der Waals surface area contributed by atoms with Crippen molar-refractivity contribution in [1.29, 1.82) is 0 Å². The summed E-state index contributed by atoms with van der Waals surface area (Å²) < 4.78 is 2.47. The van der Waals surface area contributed by atoms with Gasteiger partial charge in [0.1, 0.15) is 6.04 Å². The Morgan fingerprint density at radius 2 is 1.50 bits per heavy atom. The third-order valence-electron chi connectivity index (χ3n) is 4.50. The van der Waals surface area contributed by atoms with Crippen LogP contribution in [0, 0.1) is 0 Å². The second kappa shape index (κ2) is 9.07. The van der Waals surface area contributed by atoms with E-state index in [0.717, 1.165) is 4.57 Å². The van der Waals surface area contributed by atoms with Crippen LogP contribution in [0.3, 0.4) is 0 Å². The van der Waals surface area contributed by atoms with E-state index in [0.29, 0.717) is 19.4 Å². The molecule has 28 heavy (non-hydrogen) atoms. The van der Waals surface area contributed by atoms with E-state index in [9.17, 15) is 29.1 Å². The van der Waals surface area contributed by atoms with Crippen molar-refractivity contribution in [3.05, 3.63) is 68.5 Å². The summed E-state index contributed by atoms with van der Waals surface area (Å²) in [6.07, 6.45) is 4.02. The first-order valence-electron chi connectivity index (χ1n) is 8.89. The molecule has 1 N–H and O–H groups in total. The number of carboxylic acids is 1. The minimum absolute atomic E-state index is 0.0543. The Morgan fingerprint density at radius 3 is 2.07 bits per heavy atom. The maximum absolute atomic E-state index is 12.4. The molecule has 0 amide bonds. The molecule has 2 aromatic heterocycles. The minimum atomic E-state index is -1.17. The fraction of sp³-hybridized carbons (Fsp3) is 0.350. The van der Waals surface area contributed by atoms with Gasteiger partial charge in [-0.3, -0.25) is 19.2 Å². The summed E-state index contributed by atoms with van der Waals surface area (Å²) in [7, 11) is 0. The number of carbonyl (C=O) groups excluding carboxylic acids is 2. The molecule has 2 heterocycles. The van der Waals surface area contributed by atoms with Gasteiger partial charge in [0, 0.05) is 18.9 Å². The third-order valence-corrected chi connectivity index (χ3v) is 4.50. The Morgan fingerprint density at radius 1 is 0.929 bits per heavy atom. The fourth-order valence-corrected chi connectivity index (χ4v) is 3.01. The van der Waals surface area contributed by atoms with Gasteiger partial charge in [0.25, 0.3) is 11.1 Å². The number of aryl methyl sites for hydroxylation is 1. The van der Waals surface area contributed by atoms with Gasteiger partial charge in [-0.2, -0.15) is 0 Å². The standard InChI is InChI=1S/C20H22N2O6/c1-13(23)15-7-5-11-21(18(15)25)10-4-3-9-17(20(27)28)22-12-6-8-16(14(2)24)19(22)26/h5-8,11-12,17H,3-4,9-10H2,1-2H3,(H,27,28)/t17-/m0/s1. The van der Waals surface area contributed by atoms with Crippen LogP contribution in [0.4, 0.5) is 0 Å². The van der Waals surface area contributed by atoms with Crippen molar-refractivity contribution in [3.63, 3.8) is 0 Å². The number of aliphatic carboxylic acids is 1. The monoisotopic (exact) mass is 386 g/mol. The highest BCUT2D eigenvalue weighted by Crippen LogP contribution is 2.15. The summed E-state index contributed by atoms with van der Waals surface area (Å²) in [4.78, 5) is 59.1. The average molecular weight is 386 g/mol. The quantitative estimate of drug-likeness (QED) is 0.520. The number of aromatic nitrogens is 2. The number of carbonyl (C=O) groups is 3. The number of carboxylic acid groups (broad SMARTS) is 1. The van der Waals surface area contributed by atoms with Crippen LogP contribution >= 0.6 is 0 Å². The Bertz CT molecular complexity index is 1020. The van der Waals surface area contributed by atoms with E-state index in [2.05, 4.69) is 0 Å². The smallest absolute Gasteiger partial charge is 0.326 e. The molecule has 0 fully saturated rings. The molecule has 0 aromatic carbocycles. The molecule has 0 aliphatic carbocycles. The Hall–Kier alpha value is -3.29. The number of nitrogens with zero attached hydrogens (tertiary/aromatic N) is 2. The molecular weight excluding hydrogens is 364 g/mol. The van der Waals surface area contributed by atoms with Crippen LogP contribution in [0.2, 0.25) is 0 Å². The van der Waals surface area contributed by atoms with Gasteiger partial charge in [0.2, 0.25) is 0 Å². The lowest BCUT2D eigenvalue weighted by molar-refractivity contribution is -0.141. The molecular formula is C20H22N2O6. The van der Waals surface area contributed by atoms with E-state index in [-0.39, 0.29) is 28.9 Å². The first-order chi connectivity index (χ1) is 13.2. The number of hydrogen-bond donors (Lipinski definition) is 1. The molecule has 2 rings (SSSR count). The van der Waals surface area contributed by atoms with Gasteiger partial charge in [-0.05, 0) is 57.4 Å². The lowest BCUT2D eigenvalue weighted by Gasteiger charge is -2.16. The molecule has 0 aliphatic heterocycles. The van der Waals surface area contributed by atoms with Crippen LogP contribution in [-0.4, -0.2) is 31.8 Å². The zero-order valence-electron chi connectivity index (χ0n) is 15.8. The van der Waals surface area contributed by atoms with Crippen LogP contribution in [-0.2, 0) is 11.3 Å². The van der Waals surface area contributed by atoms with Crippen molar-refractivity contribution in [2.24, 2.45) is 0 Å². The van der Waals surface area contributed by atoms with Crippen molar-refractivity contribution in [2.75, 3.05) is 0 Å². The Labute approximate surface area is 161 Å². The van der Waals surface area contributed by atoms with Gasteiger partial charge in [0.15, 0.2) is 11.6 Å². The van der Waals surface area contributed by atoms with Crippen LogP contribution in [0.25, 0.3) is 0 Å². The molecule has 2 aromatic rings. The molecule has 0 radical (unpaired) electrons. The van der Waals surface area contributed by atoms with Gasteiger partial charge in [0.05, 0.1) is 11.1 Å². The second-order valence-electron chi connectivity index (χ2n) is 6.52. The van der Waals surface area contributed by atoms with Crippen LogP contribution in [0.5, 0.6) is 0 Å². The lowest BCUT2D eigenvalue weighted by atomic mass is 10.1. The number of unbranched alkanes of at least 4 members (excludes halogenated alkanes) is 1. The van der Waals surface area contributed by atoms with E-state index in [4.69, 9.17) is 0 Å². The summed E-state index contributed by atoms with van der Waals surface area (Å²) in [6.45, 7) is 2.91. The first-order valence-corrected chi connectivity index (χ1v) is 8.89. The van der Waals surface area contributed by atoms with Gasteiger partial charge in [-0.25, -0.2) is 4.79 Å². The van der Waals surface area contributed by atoms with E-state index in [1.54, 1.807) is 12.3 Å². The predicted octanol–water partition coefficient (Wildman–Crippen LogP) is 1.91. The van der Waals surface area contributed by atoms with Gasteiger partial charge in [-0.1, -0.05) is 0 Å². The van der Waals surface area contributed by atoms with Crippen molar-refractivity contribution in [2.45, 2.75) is 45.7 Å². The second-order valence-corrected chi connectivity index (χ2v) is 6.52. The Balaban J connectivity index is 2.10. The maximum Gasteiger partial charge on any atom is 0.326 e. The highest BCUT2D eigenvalue weighted by molar-refractivity contribution is 5.94. The summed E-state index contributed by atoms with van der Waals surface area (Å²) in [5, 5.41) is 9.50. The summed E-state index contributed by atoms with van der Waals surface area (Å²) in [6, 6.07) is 4.82. The average Bonchev–Trinajstić information content (AvgIpc) is 2.63. The largest absolute Gasteiger partial charge is 0.480 e. The minimum Gasteiger partial charge on any atom is -0.480 e. The summed E-state index contributed by atoms with van der Waals surface area (Å²) in [5.74, 6) is -1.90. The number of hydrogen-bond acceptors (Lipinski definition) is 5. The lowest BCUT2D eigenvalue weighted by Crippen LogP contribution is -2.32. The fourth-order valence-electron chi connectivity index (χ4n) is 3.01. The molecule has 8 nitrogen and oxygen atoms in total. The summed E-state index contributed by atoms with van der Waals surface area (Å²) in [5.41, 5.74) is -0.956. The first kappa shape index (κ1) is 21.0. The third kappa shape index (κ3) is 4.70. The van der Waals surface area contributed by atoms with Crippen molar-refractivity contribution in [1.82, 2.24) is 9.13 Å². The zero-order chi connectivity index (χ0) is 20.8. The summed E-state index contributed by atoms with van der Waals surface area (Å²) >= 11 is 0. The molecule has 0 spiro atoms. The molecule has 0 bridgehead atoms. The molecule has 0 saturated heterocycles. The van der Waals surface area contributed by atoms with Gasteiger partial charge in [-0.15, -0.1) is 0 Å². The van der Waals surface area contributed by atoms with E-state index in [1.165, 1.54) is 42.8 Å².